The van der Waals surface area contributed by atoms with Crippen molar-refractivity contribution in [2.45, 2.75) is 13.1 Å². The Labute approximate surface area is 256 Å². The van der Waals surface area contributed by atoms with Gasteiger partial charge in [0.15, 0.2) is 6.67 Å². The van der Waals surface area contributed by atoms with E-state index < -0.39 is 17.8 Å². The lowest BCUT2D eigenvalue weighted by Gasteiger charge is -2.31. The molecule has 3 aromatic rings. The fourth-order valence-corrected chi connectivity index (χ4v) is 5.29. The molecule has 45 heavy (non-hydrogen) atoms. The number of rotatable bonds is 6. The number of hydrogen-bond acceptors (Lipinski definition) is 7. The van der Waals surface area contributed by atoms with Gasteiger partial charge >= 0.3 is 12.2 Å². The molecular weight excluding hydrogens is 589 g/mol. The van der Waals surface area contributed by atoms with Crippen molar-refractivity contribution in [3.8, 4) is 0 Å². The topological polar surface area (TPSA) is 116 Å². The second kappa shape index (κ2) is 12.4. The Kier molecular flexibility index (Phi) is 8.24. The maximum Gasteiger partial charge on any atom is 0.418 e. The first-order valence-corrected chi connectivity index (χ1v) is 14.2. The molecule has 4 heterocycles. The van der Waals surface area contributed by atoms with Crippen LogP contribution in [-0.4, -0.2) is 60.6 Å². The van der Waals surface area contributed by atoms with Crippen molar-refractivity contribution in [1.82, 2.24) is 9.88 Å². The highest BCUT2D eigenvalue weighted by Gasteiger charge is 2.34. The first kappa shape index (κ1) is 29.8. The van der Waals surface area contributed by atoms with Gasteiger partial charge in [-0.15, -0.1) is 0 Å². The number of ether oxygens (including phenoxy) is 1. The zero-order chi connectivity index (χ0) is 31.6. The van der Waals surface area contributed by atoms with Crippen LogP contribution < -0.4 is 25.8 Å². The lowest BCUT2D eigenvalue weighted by molar-refractivity contribution is -0.743. The monoisotopic (exact) mass is 619 g/mol. The molecule has 3 amide bonds. The van der Waals surface area contributed by atoms with Crippen LogP contribution in [0.4, 0.5) is 40.8 Å². The first-order valence-electron chi connectivity index (χ1n) is 14.2. The molecule has 3 aliphatic heterocycles. The highest BCUT2D eigenvalue weighted by atomic mass is 19.4. The van der Waals surface area contributed by atoms with Gasteiger partial charge in [0, 0.05) is 31.2 Å². The van der Waals surface area contributed by atoms with E-state index in [1.165, 1.54) is 24.4 Å². The molecule has 4 N–H and O–H groups in total. The number of benzene rings is 2. The number of alkyl halides is 3. The number of aromatic nitrogens is 1. The summed E-state index contributed by atoms with van der Waals surface area (Å²) < 4.78 is 45.5. The molecule has 1 unspecified atom stereocenters. The number of hydrogen-bond donors (Lipinski definition) is 4. The molecule has 0 radical (unpaired) electrons. The van der Waals surface area contributed by atoms with E-state index >= 15 is 0 Å². The molecule has 0 bridgehead atoms. The van der Waals surface area contributed by atoms with Crippen LogP contribution >= 0.6 is 0 Å². The Bertz CT molecular complexity index is 1700. The summed E-state index contributed by atoms with van der Waals surface area (Å²) in [5, 5.41) is 8.30. The van der Waals surface area contributed by atoms with Crippen LogP contribution in [0.3, 0.4) is 0 Å². The molecule has 11 nitrogen and oxygen atoms in total. The molecule has 1 fully saturated rings. The third-order valence-electron chi connectivity index (χ3n) is 7.58. The summed E-state index contributed by atoms with van der Waals surface area (Å²) in [7, 11) is 0. The largest absolute Gasteiger partial charge is 0.418 e. The number of nitrogens with zero attached hydrogens (tertiary/aromatic N) is 4. The van der Waals surface area contributed by atoms with E-state index in [1.807, 2.05) is 30.3 Å². The van der Waals surface area contributed by atoms with E-state index in [2.05, 4.69) is 25.9 Å². The number of pyridine rings is 1. The number of morpholine rings is 1. The molecule has 14 heteroatoms. The summed E-state index contributed by atoms with van der Waals surface area (Å²) in [5.74, 6) is 1.19. The minimum absolute atomic E-state index is 0.0948. The van der Waals surface area contributed by atoms with Crippen LogP contribution in [-0.2, 0) is 10.9 Å². The molecule has 0 spiro atoms. The van der Waals surface area contributed by atoms with Crippen molar-refractivity contribution in [3.05, 3.63) is 102 Å². The van der Waals surface area contributed by atoms with Gasteiger partial charge in [-0.3, -0.25) is 9.69 Å². The van der Waals surface area contributed by atoms with Gasteiger partial charge in [-0.25, -0.2) is 14.7 Å². The summed E-state index contributed by atoms with van der Waals surface area (Å²) in [4.78, 5) is 39.2. The minimum atomic E-state index is -4.61. The smallest absolute Gasteiger partial charge is 0.378 e. The Balaban J connectivity index is 1.19. The second-order valence-electron chi connectivity index (χ2n) is 10.5. The summed E-state index contributed by atoms with van der Waals surface area (Å²) in [6, 6.07) is 12.8. The van der Waals surface area contributed by atoms with Crippen LogP contribution in [0.25, 0.3) is 0 Å². The van der Waals surface area contributed by atoms with Crippen molar-refractivity contribution < 1.29 is 32.4 Å². The van der Waals surface area contributed by atoms with Crippen LogP contribution in [0.5, 0.6) is 0 Å². The normalized spacial score (nSPS) is 17.7. The number of para-hydroxylation sites is 1. The van der Waals surface area contributed by atoms with Crippen molar-refractivity contribution in [2.24, 2.45) is 4.99 Å². The van der Waals surface area contributed by atoms with Gasteiger partial charge < -0.3 is 25.6 Å². The lowest BCUT2D eigenvalue weighted by atomic mass is 10.1. The Morgan fingerprint density at radius 2 is 1.73 bits per heavy atom. The predicted octanol–water partition coefficient (Wildman–Crippen LogP) is 4.02. The average molecular weight is 620 g/mol. The van der Waals surface area contributed by atoms with E-state index in [9.17, 15) is 22.8 Å². The first-order chi connectivity index (χ1) is 21.7. The summed E-state index contributed by atoms with van der Waals surface area (Å²) >= 11 is 0. The van der Waals surface area contributed by atoms with Crippen molar-refractivity contribution >= 4 is 40.7 Å². The molecule has 6 rings (SSSR count). The highest BCUT2D eigenvalue weighted by molar-refractivity contribution is 6.01. The van der Waals surface area contributed by atoms with Crippen molar-refractivity contribution in [3.63, 3.8) is 0 Å². The minimum Gasteiger partial charge on any atom is -0.378 e. The number of fused-ring (bicyclic) bond motifs is 1. The third-order valence-corrected chi connectivity index (χ3v) is 7.58. The Hall–Kier alpha value is -5.21. The Morgan fingerprint density at radius 1 is 0.978 bits per heavy atom. The number of nitrogens with one attached hydrogen (secondary N) is 4. The molecule has 2 aromatic carbocycles. The molecule has 0 saturated carbocycles. The molecule has 3 aliphatic rings. The maximum atomic E-state index is 13.4. The fourth-order valence-electron chi connectivity index (χ4n) is 5.29. The van der Waals surface area contributed by atoms with Crippen LogP contribution in [0.15, 0.2) is 90.1 Å². The van der Waals surface area contributed by atoms with Crippen LogP contribution in [0, 0.1) is 6.92 Å². The summed E-state index contributed by atoms with van der Waals surface area (Å²) in [6.07, 6.45) is 2.44. The molecule has 1 saturated heterocycles. The molecule has 0 aliphatic carbocycles. The van der Waals surface area contributed by atoms with Crippen molar-refractivity contribution in [1.29, 1.82) is 0 Å². The summed E-state index contributed by atoms with van der Waals surface area (Å²) in [6.45, 7) is 4.43. The SMILES string of the molecule is Cc1c(NC(=O)Nc2ccccc2C(F)(F)F)cccc1N1C=C(Nc2ccc(C(=O)N3CCOCC3)cn2)C2=NC=C[NH+]2C1. The predicted molar refractivity (Wildman–Crippen MR) is 163 cm³/mol. The molecule has 1 atom stereocenters. The van der Waals surface area contributed by atoms with Gasteiger partial charge in [-0.05, 0) is 48.9 Å². The maximum absolute atomic E-state index is 13.4. The number of carbonyl (C=O) groups is 2. The van der Waals surface area contributed by atoms with Gasteiger partial charge in [0.1, 0.15) is 17.7 Å². The van der Waals surface area contributed by atoms with Crippen LogP contribution in [0.1, 0.15) is 21.5 Å². The van der Waals surface area contributed by atoms with Crippen molar-refractivity contribution in [2.75, 3.05) is 53.8 Å². The van der Waals surface area contributed by atoms with E-state index in [4.69, 9.17) is 4.74 Å². The average Bonchev–Trinajstić information content (AvgIpc) is 3.52. The third kappa shape index (κ3) is 6.51. The number of halogens is 3. The van der Waals surface area contributed by atoms with Gasteiger partial charge in [0.05, 0.1) is 41.9 Å². The number of amides is 3. The zero-order valence-corrected chi connectivity index (χ0v) is 24.2. The van der Waals surface area contributed by atoms with E-state index in [-0.39, 0.29) is 11.6 Å². The highest BCUT2D eigenvalue weighted by Crippen LogP contribution is 2.35. The van der Waals surface area contributed by atoms with Gasteiger partial charge in [0.2, 0.25) is 0 Å². The molecule has 232 valence electrons. The molecular formula is C31H30F3N8O3+. The van der Waals surface area contributed by atoms with E-state index in [0.29, 0.717) is 61.3 Å². The van der Waals surface area contributed by atoms with E-state index in [1.54, 1.807) is 35.4 Å². The quantitative estimate of drug-likeness (QED) is 0.332. The van der Waals surface area contributed by atoms with Gasteiger partial charge in [0.25, 0.3) is 11.7 Å². The number of amidine groups is 1. The number of anilines is 4. The fraction of sp³-hybridized carbons (Fsp3) is 0.226. The van der Waals surface area contributed by atoms with Gasteiger partial charge in [-0.2, -0.15) is 18.2 Å². The standard InChI is InChI=1S/C31H29F3N8O3/c1-20-23(38-30(44)39-24-6-3-2-5-22(24)31(32,33)34)7-4-8-26(20)42-18-25(28-35-11-12-41(28)19-42)37-27-10-9-21(17-36-27)29(43)40-13-15-45-16-14-40/h2-12,17-18H,13-16,19H2,1H3,(H,36,37)(H2,38,39,44)/p+1. The van der Waals surface area contributed by atoms with Gasteiger partial charge in [-0.1, -0.05) is 18.2 Å². The number of quaternary nitrogens is 1. The number of urea groups is 1. The molecule has 1 aromatic heterocycles. The zero-order valence-electron chi connectivity index (χ0n) is 24.2. The number of aliphatic imine (C=N–C) groups is 1. The second-order valence-corrected chi connectivity index (χ2v) is 10.5. The Morgan fingerprint density at radius 3 is 2.49 bits per heavy atom. The summed E-state index contributed by atoms with van der Waals surface area (Å²) in [5.41, 5.74) is 1.81. The van der Waals surface area contributed by atoms with E-state index in [0.717, 1.165) is 22.5 Å². The number of carbonyl (C=O) groups excluding carboxylic acids is 2. The lowest BCUT2D eigenvalue weighted by Crippen LogP contribution is -3.12. The van der Waals surface area contributed by atoms with Crippen LogP contribution in [0.2, 0.25) is 0 Å².